The number of likely N-dealkylation sites (N-methyl/N-ethyl adjacent to an activating group) is 1. The predicted octanol–water partition coefficient (Wildman–Crippen LogP) is 0.829. The van der Waals surface area contributed by atoms with Crippen LogP contribution in [0, 0.1) is 0 Å². The van der Waals surface area contributed by atoms with Crippen LogP contribution in [0.5, 0.6) is 0 Å². The van der Waals surface area contributed by atoms with Crippen LogP contribution in [0.4, 0.5) is 0 Å². The molecule has 1 fully saturated rings. The normalized spacial score (nSPS) is 18.9. The Morgan fingerprint density at radius 1 is 1.44 bits per heavy atom. The first-order valence-electron chi connectivity index (χ1n) is 6.56. The van der Waals surface area contributed by atoms with Crippen LogP contribution in [0.1, 0.15) is 26.7 Å². The monoisotopic (exact) mass is 250 g/mol. The fourth-order valence-electron chi connectivity index (χ4n) is 2.47. The van der Waals surface area contributed by atoms with Gasteiger partial charge >= 0.3 is 0 Å². The van der Waals surface area contributed by atoms with Gasteiger partial charge < -0.3 is 10.2 Å². The van der Waals surface area contributed by atoms with Crippen molar-refractivity contribution in [1.29, 1.82) is 0 Å². The van der Waals surface area contributed by atoms with E-state index in [0.29, 0.717) is 0 Å². The molecule has 2 heterocycles. The van der Waals surface area contributed by atoms with Gasteiger partial charge in [-0.05, 0) is 45.8 Å². The predicted molar refractivity (Wildman–Crippen MR) is 70.2 cm³/mol. The number of rotatable bonds is 3. The molecule has 2 rings (SSSR count). The second-order valence-corrected chi connectivity index (χ2v) is 5.24. The number of aromatic nitrogens is 2. The maximum Gasteiger partial charge on any atom is 0.250 e. The Morgan fingerprint density at radius 2 is 2.11 bits per heavy atom. The van der Waals surface area contributed by atoms with Gasteiger partial charge in [0.2, 0.25) is 0 Å². The molecule has 1 aliphatic heterocycles. The molecule has 5 heteroatoms. The molecule has 18 heavy (non-hydrogen) atoms. The molecular weight excluding hydrogens is 228 g/mol. The number of amides is 1. The lowest BCUT2D eigenvalue weighted by molar-refractivity contribution is -0.143. The maximum absolute atomic E-state index is 12.8. The summed E-state index contributed by atoms with van der Waals surface area (Å²) in [6.07, 6.45) is 5.24. The van der Waals surface area contributed by atoms with Gasteiger partial charge in [0, 0.05) is 25.5 Å². The maximum atomic E-state index is 12.8. The van der Waals surface area contributed by atoms with E-state index in [1.54, 1.807) is 6.20 Å². The summed E-state index contributed by atoms with van der Waals surface area (Å²) in [5.41, 5.74) is -0.506. The second-order valence-electron chi connectivity index (χ2n) is 5.24. The van der Waals surface area contributed by atoms with Gasteiger partial charge in [-0.25, -0.2) is 0 Å². The van der Waals surface area contributed by atoms with Crippen LogP contribution in [0.25, 0.3) is 0 Å². The molecule has 0 atom stereocenters. The van der Waals surface area contributed by atoms with Crippen molar-refractivity contribution in [2.75, 3.05) is 20.1 Å². The van der Waals surface area contributed by atoms with Crippen LogP contribution >= 0.6 is 0 Å². The highest BCUT2D eigenvalue weighted by atomic mass is 16.2. The lowest BCUT2D eigenvalue weighted by Crippen LogP contribution is -2.56. The molecule has 1 aliphatic rings. The Hall–Kier alpha value is -1.36. The summed E-state index contributed by atoms with van der Waals surface area (Å²) in [4.78, 5) is 14.6. The van der Waals surface area contributed by atoms with E-state index < -0.39 is 5.54 Å². The van der Waals surface area contributed by atoms with E-state index in [1.165, 1.54) is 0 Å². The first-order chi connectivity index (χ1) is 8.58. The molecule has 0 bridgehead atoms. The van der Waals surface area contributed by atoms with E-state index in [0.717, 1.165) is 25.9 Å². The Morgan fingerprint density at radius 3 is 2.61 bits per heavy atom. The van der Waals surface area contributed by atoms with Crippen molar-refractivity contribution in [3.05, 3.63) is 18.5 Å². The minimum absolute atomic E-state index is 0.169. The summed E-state index contributed by atoms with van der Waals surface area (Å²) in [5.74, 6) is 0.169. The van der Waals surface area contributed by atoms with Gasteiger partial charge in [-0.15, -0.1) is 0 Å². The number of hydrogen-bond donors (Lipinski definition) is 1. The van der Waals surface area contributed by atoms with Crippen LogP contribution in [-0.2, 0) is 10.3 Å². The molecule has 1 N–H and O–H groups in total. The molecule has 1 saturated heterocycles. The van der Waals surface area contributed by atoms with Gasteiger partial charge in [0.15, 0.2) is 0 Å². The van der Waals surface area contributed by atoms with Gasteiger partial charge in [-0.3, -0.25) is 9.48 Å². The van der Waals surface area contributed by atoms with Gasteiger partial charge in [0.1, 0.15) is 5.54 Å². The SMILES string of the molecule is CC(C)N(C)C(=O)C1(n2cccn2)CCNCC1. The van der Waals surface area contributed by atoms with E-state index in [1.807, 2.05) is 42.7 Å². The Labute approximate surface area is 108 Å². The van der Waals surface area contributed by atoms with Crippen molar-refractivity contribution in [1.82, 2.24) is 20.0 Å². The van der Waals surface area contributed by atoms with Crippen molar-refractivity contribution in [3.63, 3.8) is 0 Å². The highest BCUT2D eigenvalue weighted by Crippen LogP contribution is 2.29. The summed E-state index contributed by atoms with van der Waals surface area (Å²) in [6.45, 7) is 5.79. The summed E-state index contributed by atoms with van der Waals surface area (Å²) in [7, 11) is 1.88. The number of carbonyl (C=O) groups is 1. The number of nitrogens with one attached hydrogen (secondary N) is 1. The van der Waals surface area contributed by atoms with E-state index in [-0.39, 0.29) is 11.9 Å². The third-order valence-electron chi connectivity index (χ3n) is 3.87. The average Bonchev–Trinajstić information content (AvgIpc) is 2.92. The minimum atomic E-state index is -0.506. The Bertz CT molecular complexity index is 393. The zero-order valence-corrected chi connectivity index (χ0v) is 11.4. The van der Waals surface area contributed by atoms with Crippen molar-refractivity contribution < 1.29 is 4.79 Å². The third kappa shape index (κ3) is 2.14. The molecule has 1 aromatic heterocycles. The smallest absolute Gasteiger partial charge is 0.250 e. The second kappa shape index (κ2) is 5.10. The fourth-order valence-corrected chi connectivity index (χ4v) is 2.47. The van der Waals surface area contributed by atoms with E-state index in [4.69, 9.17) is 0 Å². The number of nitrogens with zero attached hydrogens (tertiary/aromatic N) is 3. The van der Waals surface area contributed by atoms with Crippen molar-refractivity contribution >= 4 is 5.91 Å². The first kappa shape index (κ1) is 13.1. The number of carbonyl (C=O) groups excluding carboxylic acids is 1. The molecule has 0 unspecified atom stereocenters. The fraction of sp³-hybridized carbons (Fsp3) is 0.692. The summed E-state index contributed by atoms with van der Waals surface area (Å²) < 4.78 is 1.84. The lowest BCUT2D eigenvalue weighted by Gasteiger charge is -2.40. The van der Waals surface area contributed by atoms with Crippen LogP contribution in [0.2, 0.25) is 0 Å². The largest absolute Gasteiger partial charge is 0.341 e. The molecule has 0 aromatic carbocycles. The standard InChI is InChI=1S/C13H22N4O/c1-11(2)16(3)12(18)13(5-8-14-9-6-13)17-10-4-7-15-17/h4,7,10-11,14H,5-6,8-9H2,1-3H3. The van der Waals surface area contributed by atoms with E-state index in [2.05, 4.69) is 10.4 Å². The van der Waals surface area contributed by atoms with Gasteiger partial charge in [-0.1, -0.05) is 0 Å². The third-order valence-corrected chi connectivity index (χ3v) is 3.87. The molecule has 1 amide bonds. The molecule has 1 aromatic rings. The quantitative estimate of drug-likeness (QED) is 0.864. The van der Waals surface area contributed by atoms with Gasteiger partial charge in [0.05, 0.1) is 0 Å². The van der Waals surface area contributed by atoms with E-state index >= 15 is 0 Å². The van der Waals surface area contributed by atoms with Crippen molar-refractivity contribution in [3.8, 4) is 0 Å². The highest BCUT2D eigenvalue weighted by Gasteiger charge is 2.43. The lowest BCUT2D eigenvalue weighted by atomic mass is 9.86. The molecule has 0 radical (unpaired) electrons. The van der Waals surface area contributed by atoms with Gasteiger partial charge in [-0.2, -0.15) is 5.10 Å². The Balaban J connectivity index is 2.33. The highest BCUT2D eigenvalue weighted by molar-refractivity contribution is 5.84. The van der Waals surface area contributed by atoms with Crippen LogP contribution in [0.15, 0.2) is 18.5 Å². The van der Waals surface area contributed by atoms with Crippen molar-refractivity contribution in [2.24, 2.45) is 0 Å². The minimum Gasteiger partial charge on any atom is -0.341 e. The molecule has 100 valence electrons. The zero-order valence-electron chi connectivity index (χ0n) is 11.4. The number of hydrogen-bond acceptors (Lipinski definition) is 3. The summed E-state index contributed by atoms with van der Waals surface area (Å²) in [6, 6.07) is 2.09. The van der Waals surface area contributed by atoms with E-state index in [9.17, 15) is 4.79 Å². The summed E-state index contributed by atoms with van der Waals surface area (Å²) in [5, 5.41) is 7.63. The van der Waals surface area contributed by atoms with Gasteiger partial charge in [0.25, 0.3) is 5.91 Å². The molecule has 5 nitrogen and oxygen atoms in total. The van der Waals surface area contributed by atoms with Crippen LogP contribution in [0.3, 0.4) is 0 Å². The van der Waals surface area contributed by atoms with Crippen LogP contribution in [-0.4, -0.2) is 46.8 Å². The molecule has 0 spiro atoms. The molecule has 0 aliphatic carbocycles. The first-order valence-corrected chi connectivity index (χ1v) is 6.56. The summed E-state index contributed by atoms with van der Waals surface area (Å²) >= 11 is 0. The number of piperidine rings is 1. The average molecular weight is 250 g/mol. The Kier molecular flexibility index (Phi) is 3.71. The zero-order chi connectivity index (χ0) is 13.2. The van der Waals surface area contributed by atoms with Crippen LogP contribution < -0.4 is 5.32 Å². The molecular formula is C13H22N4O. The van der Waals surface area contributed by atoms with Crippen molar-refractivity contribution in [2.45, 2.75) is 38.3 Å². The topological polar surface area (TPSA) is 50.2 Å². The molecule has 0 saturated carbocycles.